The molecular formula is C25H23N5O2. The lowest BCUT2D eigenvalue weighted by Gasteiger charge is -2.13. The molecule has 7 heteroatoms. The minimum absolute atomic E-state index is 0.184. The van der Waals surface area contributed by atoms with Crippen molar-refractivity contribution in [1.82, 2.24) is 14.8 Å². The average Bonchev–Trinajstić information content (AvgIpc) is 3.20. The second-order valence-electron chi connectivity index (χ2n) is 7.50. The highest BCUT2D eigenvalue weighted by atomic mass is 16.5. The van der Waals surface area contributed by atoms with Gasteiger partial charge in [-0.05, 0) is 49.1 Å². The van der Waals surface area contributed by atoms with Crippen molar-refractivity contribution < 1.29 is 9.53 Å². The van der Waals surface area contributed by atoms with Crippen molar-refractivity contribution in [3.8, 4) is 17.6 Å². The van der Waals surface area contributed by atoms with E-state index >= 15 is 0 Å². The summed E-state index contributed by atoms with van der Waals surface area (Å²) in [6, 6.07) is 17.6. The number of amides is 1. The van der Waals surface area contributed by atoms with Gasteiger partial charge in [-0.15, -0.1) is 0 Å². The van der Waals surface area contributed by atoms with Gasteiger partial charge in [0.1, 0.15) is 17.4 Å². The molecule has 0 atom stereocenters. The van der Waals surface area contributed by atoms with Crippen molar-refractivity contribution in [3.05, 3.63) is 77.0 Å². The standard InChI is InChI=1S/C25H23N5O2/c1-4-18-9-5-6-11-21(18)32-15-23(31)29-25-19(13-26)14-27-30(25)22-12-17(3)20-10-7-8-16(2)24(20)28-22/h5-12,14H,4,15H2,1-3H3,(H,29,31). The Kier molecular flexibility index (Phi) is 5.86. The van der Waals surface area contributed by atoms with Crippen molar-refractivity contribution in [1.29, 1.82) is 5.26 Å². The number of ether oxygens (including phenoxy) is 1. The third-order valence-corrected chi connectivity index (χ3v) is 5.31. The summed E-state index contributed by atoms with van der Waals surface area (Å²) in [5.41, 5.74) is 4.19. The molecule has 2 aromatic heterocycles. The maximum atomic E-state index is 12.7. The number of nitrogens with one attached hydrogen (secondary N) is 1. The van der Waals surface area contributed by atoms with Gasteiger partial charge in [-0.1, -0.05) is 43.3 Å². The number of aryl methyl sites for hydroxylation is 3. The Balaban J connectivity index is 1.63. The van der Waals surface area contributed by atoms with E-state index in [-0.39, 0.29) is 23.9 Å². The van der Waals surface area contributed by atoms with Crippen LogP contribution in [-0.2, 0) is 11.2 Å². The Morgan fingerprint density at radius 1 is 1.16 bits per heavy atom. The van der Waals surface area contributed by atoms with Crippen LogP contribution in [0.5, 0.6) is 5.75 Å². The molecule has 7 nitrogen and oxygen atoms in total. The van der Waals surface area contributed by atoms with Gasteiger partial charge < -0.3 is 10.1 Å². The van der Waals surface area contributed by atoms with Gasteiger partial charge in [0.05, 0.1) is 11.7 Å². The maximum Gasteiger partial charge on any atom is 0.263 e. The van der Waals surface area contributed by atoms with Gasteiger partial charge in [0.25, 0.3) is 5.91 Å². The van der Waals surface area contributed by atoms with Crippen LogP contribution in [0.25, 0.3) is 16.7 Å². The molecule has 2 heterocycles. The minimum Gasteiger partial charge on any atom is -0.483 e. The highest BCUT2D eigenvalue weighted by Crippen LogP contribution is 2.25. The molecule has 1 N–H and O–H groups in total. The van der Waals surface area contributed by atoms with Gasteiger partial charge in [0.15, 0.2) is 18.2 Å². The van der Waals surface area contributed by atoms with Gasteiger partial charge >= 0.3 is 0 Å². The lowest BCUT2D eigenvalue weighted by molar-refractivity contribution is -0.118. The average molecular weight is 425 g/mol. The summed E-state index contributed by atoms with van der Waals surface area (Å²) in [6.45, 7) is 5.84. The van der Waals surface area contributed by atoms with E-state index < -0.39 is 0 Å². The molecule has 2 aromatic carbocycles. The molecule has 0 aliphatic carbocycles. The van der Waals surface area contributed by atoms with Crippen LogP contribution in [0.2, 0.25) is 0 Å². The van der Waals surface area contributed by atoms with E-state index in [4.69, 9.17) is 9.72 Å². The monoisotopic (exact) mass is 425 g/mol. The van der Waals surface area contributed by atoms with Crippen LogP contribution in [0.1, 0.15) is 29.2 Å². The molecular weight excluding hydrogens is 402 g/mol. The zero-order valence-electron chi connectivity index (χ0n) is 18.2. The Bertz CT molecular complexity index is 1350. The van der Waals surface area contributed by atoms with E-state index in [1.165, 1.54) is 10.9 Å². The maximum absolute atomic E-state index is 12.7. The highest BCUT2D eigenvalue weighted by Gasteiger charge is 2.18. The number of hydrogen-bond donors (Lipinski definition) is 1. The van der Waals surface area contributed by atoms with Crippen LogP contribution in [0.4, 0.5) is 5.82 Å². The summed E-state index contributed by atoms with van der Waals surface area (Å²) in [4.78, 5) is 17.4. The van der Waals surface area contributed by atoms with E-state index in [9.17, 15) is 10.1 Å². The number of nitriles is 1. The number of pyridine rings is 1. The van der Waals surface area contributed by atoms with Crippen molar-refractivity contribution in [2.75, 3.05) is 11.9 Å². The van der Waals surface area contributed by atoms with Crippen LogP contribution in [0.3, 0.4) is 0 Å². The highest BCUT2D eigenvalue weighted by molar-refractivity contribution is 5.93. The molecule has 0 saturated carbocycles. The lowest BCUT2D eigenvalue weighted by Crippen LogP contribution is -2.23. The van der Waals surface area contributed by atoms with Crippen LogP contribution >= 0.6 is 0 Å². The number of benzene rings is 2. The molecule has 0 bridgehead atoms. The Hall–Kier alpha value is -4.18. The van der Waals surface area contributed by atoms with Gasteiger partial charge in [-0.2, -0.15) is 15.0 Å². The second-order valence-corrected chi connectivity index (χ2v) is 7.50. The second kappa shape index (κ2) is 8.90. The summed E-state index contributed by atoms with van der Waals surface area (Å²) in [6.07, 6.45) is 2.22. The molecule has 0 unspecified atom stereocenters. The number of carbonyl (C=O) groups is 1. The first-order valence-corrected chi connectivity index (χ1v) is 10.4. The van der Waals surface area contributed by atoms with Crippen LogP contribution in [-0.4, -0.2) is 27.3 Å². The molecule has 0 saturated heterocycles. The van der Waals surface area contributed by atoms with Crippen molar-refractivity contribution in [2.24, 2.45) is 0 Å². The van der Waals surface area contributed by atoms with Gasteiger partial charge in [-0.3, -0.25) is 4.79 Å². The third-order valence-electron chi connectivity index (χ3n) is 5.31. The van der Waals surface area contributed by atoms with E-state index in [1.807, 2.05) is 69.3 Å². The molecule has 0 aliphatic rings. The quantitative estimate of drug-likeness (QED) is 0.491. The Morgan fingerprint density at radius 2 is 1.97 bits per heavy atom. The first-order chi connectivity index (χ1) is 15.5. The van der Waals surface area contributed by atoms with Crippen LogP contribution in [0.15, 0.2) is 54.7 Å². The summed E-state index contributed by atoms with van der Waals surface area (Å²) >= 11 is 0. The van der Waals surface area contributed by atoms with E-state index in [0.717, 1.165) is 34.0 Å². The number of fused-ring (bicyclic) bond motifs is 1. The van der Waals surface area contributed by atoms with Crippen molar-refractivity contribution in [3.63, 3.8) is 0 Å². The number of nitrogens with zero attached hydrogens (tertiary/aromatic N) is 4. The summed E-state index contributed by atoms with van der Waals surface area (Å²) in [7, 11) is 0. The number of anilines is 1. The molecule has 0 radical (unpaired) electrons. The zero-order chi connectivity index (χ0) is 22.7. The third kappa shape index (κ3) is 4.03. The first kappa shape index (κ1) is 21.1. The summed E-state index contributed by atoms with van der Waals surface area (Å²) in [5.74, 6) is 1.08. The molecule has 0 spiro atoms. The number of hydrogen-bond acceptors (Lipinski definition) is 5. The number of carbonyl (C=O) groups excluding carboxylic acids is 1. The van der Waals surface area contributed by atoms with Gasteiger partial charge in [0, 0.05) is 5.39 Å². The van der Waals surface area contributed by atoms with E-state index in [2.05, 4.69) is 16.5 Å². The fourth-order valence-electron chi connectivity index (χ4n) is 3.62. The number of aromatic nitrogens is 3. The lowest BCUT2D eigenvalue weighted by atomic mass is 10.1. The fraction of sp³-hybridized carbons (Fsp3) is 0.200. The van der Waals surface area contributed by atoms with Crippen LogP contribution < -0.4 is 10.1 Å². The Labute approximate surface area is 186 Å². The van der Waals surface area contributed by atoms with E-state index in [1.54, 1.807) is 0 Å². The van der Waals surface area contributed by atoms with E-state index in [0.29, 0.717) is 11.6 Å². The predicted octanol–water partition coefficient (Wildman–Crippen LogP) is 4.49. The zero-order valence-corrected chi connectivity index (χ0v) is 18.2. The smallest absolute Gasteiger partial charge is 0.263 e. The fourth-order valence-corrected chi connectivity index (χ4v) is 3.62. The summed E-state index contributed by atoms with van der Waals surface area (Å²) < 4.78 is 7.19. The molecule has 0 aliphatic heterocycles. The molecule has 0 fully saturated rings. The molecule has 4 rings (SSSR count). The number of para-hydroxylation sites is 2. The molecule has 4 aromatic rings. The normalized spacial score (nSPS) is 10.7. The number of rotatable bonds is 6. The molecule has 32 heavy (non-hydrogen) atoms. The molecule has 1 amide bonds. The Morgan fingerprint density at radius 3 is 2.75 bits per heavy atom. The first-order valence-electron chi connectivity index (χ1n) is 10.4. The van der Waals surface area contributed by atoms with Gasteiger partial charge in [0.2, 0.25) is 0 Å². The minimum atomic E-state index is -0.386. The van der Waals surface area contributed by atoms with Crippen molar-refractivity contribution >= 4 is 22.6 Å². The van der Waals surface area contributed by atoms with Crippen molar-refractivity contribution in [2.45, 2.75) is 27.2 Å². The topological polar surface area (TPSA) is 92.8 Å². The SMILES string of the molecule is CCc1ccccc1OCC(=O)Nc1c(C#N)cnn1-c1cc(C)c2cccc(C)c2n1. The predicted molar refractivity (Wildman–Crippen MR) is 123 cm³/mol. The van der Waals surface area contributed by atoms with Crippen LogP contribution in [0, 0.1) is 25.2 Å². The summed E-state index contributed by atoms with van der Waals surface area (Å²) in [5, 5.41) is 17.7. The largest absolute Gasteiger partial charge is 0.483 e. The molecule has 160 valence electrons. The van der Waals surface area contributed by atoms with Gasteiger partial charge in [-0.25, -0.2) is 4.98 Å².